The highest BCUT2D eigenvalue weighted by atomic mass is 16.5. The second kappa shape index (κ2) is 4.80. The van der Waals surface area contributed by atoms with E-state index in [2.05, 4.69) is 0 Å². The number of hydrogen-bond donors (Lipinski definition) is 0. The van der Waals surface area contributed by atoms with E-state index in [1.54, 1.807) is 6.92 Å². The SMILES string of the molecule is CCN1C(=O)CC(Oc2cccc(C)c2C)C1=O. The molecular formula is C14H17NO3. The van der Waals surface area contributed by atoms with Gasteiger partial charge in [-0.05, 0) is 38.0 Å². The number of hydrogen-bond acceptors (Lipinski definition) is 3. The van der Waals surface area contributed by atoms with Gasteiger partial charge in [0.05, 0.1) is 6.42 Å². The Kier molecular flexibility index (Phi) is 3.36. The molecule has 0 aromatic heterocycles. The molecule has 1 saturated heterocycles. The van der Waals surface area contributed by atoms with E-state index in [-0.39, 0.29) is 18.2 Å². The molecule has 18 heavy (non-hydrogen) atoms. The van der Waals surface area contributed by atoms with Crippen LogP contribution in [-0.4, -0.2) is 29.4 Å². The summed E-state index contributed by atoms with van der Waals surface area (Å²) < 4.78 is 5.69. The number of rotatable bonds is 3. The standard InChI is InChI=1S/C14H17NO3/c1-4-15-13(16)8-12(14(15)17)18-11-7-5-6-9(2)10(11)3/h5-7,12H,4,8H2,1-3H3. The fraction of sp³-hybridized carbons (Fsp3) is 0.429. The second-order valence-electron chi connectivity index (χ2n) is 4.48. The van der Waals surface area contributed by atoms with Crippen LogP contribution in [0.25, 0.3) is 0 Å². The molecule has 2 amide bonds. The highest BCUT2D eigenvalue weighted by Crippen LogP contribution is 2.25. The summed E-state index contributed by atoms with van der Waals surface area (Å²) in [5.74, 6) is 0.292. The number of benzene rings is 1. The van der Waals surface area contributed by atoms with Crippen LogP contribution in [0.5, 0.6) is 5.75 Å². The quantitative estimate of drug-likeness (QED) is 0.765. The molecule has 0 aliphatic carbocycles. The molecule has 1 aliphatic heterocycles. The molecule has 0 spiro atoms. The van der Waals surface area contributed by atoms with E-state index in [1.165, 1.54) is 4.90 Å². The van der Waals surface area contributed by atoms with Gasteiger partial charge < -0.3 is 4.74 Å². The summed E-state index contributed by atoms with van der Waals surface area (Å²) in [6, 6.07) is 5.70. The number of imide groups is 1. The van der Waals surface area contributed by atoms with Crippen LogP contribution < -0.4 is 4.74 Å². The van der Waals surface area contributed by atoms with Gasteiger partial charge in [-0.1, -0.05) is 12.1 Å². The van der Waals surface area contributed by atoms with Gasteiger partial charge in [-0.3, -0.25) is 14.5 Å². The van der Waals surface area contributed by atoms with Crippen molar-refractivity contribution in [2.45, 2.75) is 33.3 Å². The Bertz CT molecular complexity index is 496. The van der Waals surface area contributed by atoms with Crippen LogP contribution >= 0.6 is 0 Å². The molecule has 0 radical (unpaired) electrons. The zero-order chi connectivity index (χ0) is 13.3. The van der Waals surface area contributed by atoms with Crippen molar-refractivity contribution in [2.75, 3.05) is 6.54 Å². The van der Waals surface area contributed by atoms with Crippen LogP contribution in [0.3, 0.4) is 0 Å². The Morgan fingerprint density at radius 2 is 2.06 bits per heavy atom. The molecular weight excluding hydrogens is 230 g/mol. The van der Waals surface area contributed by atoms with Crippen LogP contribution in [0.15, 0.2) is 18.2 Å². The van der Waals surface area contributed by atoms with Crippen LogP contribution in [0, 0.1) is 13.8 Å². The van der Waals surface area contributed by atoms with Gasteiger partial charge in [0, 0.05) is 6.54 Å². The first kappa shape index (κ1) is 12.6. The maximum atomic E-state index is 11.9. The molecule has 0 saturated carbocycles. The summed E-state index contributed by atoms with van der Waals surface area (Å²) in [4.78, 5) is 24.8. The lowest BCUT2D eigenvalue weighted by Gasteiger charge is -2.15. The minimum Gasteiger partial charge on any atom is -0.480 e. The van der Waals surface area contributed by atoms with Crippen molar-refractivity contribution in [2.24, 2.45) is 0 Å². The average Bonchev–Trinajstić information content (AvgIpc) is 2.60. The number of likely N-dealkylation sites (tertiary alicyclic amines) is 1. The van der Waals surface area contributed by atoms with Crippen LogP contribution in [0.2, 0.25) is 0 Å². The highest BCUT2D eigenvalue weighted by Gasteiger charge is 2.39. The smallest absolute Gasteiger partial charge is 0.270 e. The fourth-order valence-electron chi connectivity index (χ4n) is 2.08. The Morgan fingerprint density at radius 1 is 1.33 bits per heavy atom. The van der Waals surface area contributed by atoms with Gasteiger partial charge in [-0.15, -0.1) is 0 Å². The minimum absolute atomic E-state index is 0.139. The third kappa shape index (κ3) is 2.10. The first-order valence-electron chi connectivity index (χ1n) is 6.11. The number of ether oxygens (including phenoxy) is 1. The van der Waals surface area contributed by atoms with Crippen LogP contribution in [0.4, 0.5) is 0 Å². The third-order valence-electron chi connectivity index (χ3n) is 3.34. The van der Waals surface area contributed by atoms with Crippen molar-refractivity contribution >= 4 is 11.8 Å². The molecule has 4 heteroatoms. The molecule has 1 aromatic rings. The maximum Gasteiger partial charge on any atom is 0.270 e. The molecule has 1 unspecified atom stereocenters. The molecule has 4 nitrogen and oxygen atoms in total. The minimum atomic E-state index is -0.669. The maximum absolute atomic E-state index is 11.9. The Morgan fingerprint density at radius 3 is 2.67 bits per heavy atom. The van der Waals surface area contributed by atoms with Gasteiger partial charge in [0.15, 0.2) is 6.10 Å². The lowest BCUT2D eigenvalue weighted by Crippen LogP contribution is -2.33. The highest BCUT2D eigenvalue weighted by molar-refractivity contribution is 6.05. The van der Waals surface area contributed by atoms with Gasteiger partial charge in [0.2, 0.25) is 5.91 Å². The Hall–Kier alpha value is -1.84. The van der Waals surface area contributed by atoms with Gasteiger partial charge in [-0.2, -0.15) is 0 Å². The van der Waals surface area contributed by atoms with Crippen LogP contribution in [0.1, 0.15) is 24.5 Å². The first-order valence-corrected chi connectivity index (χ1v) is 6.11. The molecule has 1 aliphatic rings. The first-order chi connectivity index (χ1) is 8.54. The summed E-state index contributed by atoms with van der Waals surface area (Å²) in [6.07, 6.45) is -0.530. The zero-order valence-corrected chi connectivity index (χ0v) is 10.9. The summed E-state index contributed by atoms with van der Waals surface area (Å²) in [7, 11) is 0. The van der Waals surface area contributed by atoms with E-state index in [0.717, 1.165) is 11.1 Å². The Balaban J connectivity index is 2.18. The molecule has 1 aromatic carbocycles. The number of nitrogens with zero attached hydrogens (tertiary/aromatic N) is 1. The van der Waals surface area contributed by atoms with Crippen molar-refractivity contribution in [3.05, 3.63) is 29.3 Å². The van der Waals surface area contributed by atoms with Crippen molar-refractivity contribution in [3.63, 3.8) is 0 Å². The summed E-state index contributed by atoms with van der Waals surface area (Å²) in [5.41, 5.74) is 2.12. The molecule has 1 heterocycles. The van der Waals surface area contributed by atoms with Crippen molar-refractivity contribution < 1.29 is 14.3 Å². The number of amides is 2. The van der Waals surface area contributed by atoms with Gasteiger partial charge >= 0.3 is 0 Å². The Labute approximate surface area is 107 Å². The lowest BCUT2D eigenvalue weighted by molar-refractivity contribution is -0.139. The predicted molar refractivity (Wildman–Crippen MR) is 67.3 cm³/mol. The predicted octanol–water partition coefficient (Wildman–Crippen LogP) is 1.83. The van der Waals surface area contributed by atoms with Crippen LogP contribution in [-0.2, 0) is 9.59 Å². The molecule has 0 bridgehead atoms. The van der Waals surface area contributed by atoms with Crippen molar-refractivity contribution in [1.29, 1.82) is 0 Å². The zero-order valence-electron chi connectivity index (χ0n) is 10.9. The molecule has 0 N–H and O–H groups in total. The van der Waals surface area contributed by atoms with E-state index in [9.17, 15) is 9.59 Å². The third-order valence-corrected chi connectivity index (χ3v) is 3.34. The average molecular weight is 247 g/mol. The van der Waals surface area contributed by atoms with E-state index in [0.29, 0.717) is 12.3 Å². The lowest BCUT2D eigenvalue weighted by atomic mass is 10.1. The topological polar surface area (TPSA) is 46.6 Å². The van der Waals surface area contributed by atoms with E-state index < -0.39 is 6.10 Å². The molecule has 96 valence electrons. The van der Waals surface area contributed by atoms with Crippen molar-refractivity contribution in [1.82, 2.24) is 4.90 Å². The number of carbonyl (C=O) groups excluding carboxylic acids is 2. The summed E-state index contributed by atoms with van der Waals surface area (Å²) >= 11 is 0. The second-order valence-corrected chi connectivity index (χ2v) is 4.48. The monoisotopic (exact) mass is 247 g/mol. The molecule has 1 fully saturated rings. The summed E-state index contributed by atoms with van der Waals surface area (Å²) in [6.45, 7) is 6.13. The van der Waals surface area contributed by atoms with Crippen molar-refractivity contribution in [3.8, 4) is 5.75 Å². The normalized spacial score (nSPS) is 19.5. The van der Waals surface area contributed by atoms with E-state index in [1.807, 2.05) is 32.0 Å². The molecule has 1 atom stereocenters. The number of carbonyl (C=O) groups is 2. The largest absolute Gasteiger partial charge is 0.480 e. The van der Waals surface area contributed by atoms with Gasteiger partial charge in [0.25, 0.3) is 5.91 Å². The number of likely N-dealkylation sites (N-methyl/N-ethyl adjacent to an activating group) is 1. The number of aryl methyl sites for hydroxylation is 1. The molecule has 2 rings (SSSR count). The fourth-order valence-corrected chi connectivity index (χ4v) is 2.08. The van der Waals surface area contributed by atoms with E-state index in [4.69, 9.17) is 4.74 Å². The van der Waals surface area contributed by atoms with E-state index >= 15 is 0 Å². The summed E-state index contributed by atoms with van der Waals surface area (Å²) in [5, 5.41) is 0. The van der Waals surface area contributed by atoms with Gasteiger partial charge in [0.1, 0.15) is 5.75 Å². The van der Waals surface area contributed by atoms with Gasteiger partial charge in [-0.25, -0.2) is 0 Å².